The molecule has 1 saturated heterocycles. The fourth-order valence-electron chi connectivity index (χ4n) is 6.79. The molecule has 0 aromatic rings. The van der Waals surface area contributed by atoms with Crippen molar-refractivity contribution >= 4 is 11.5 Å². The molecule has 0 amide bonds. The highest BCUT2D eigenvalue weighted by molar-refractivity contribution is 5.87. The van der Waals surface area contributed by atoms with Crippen molar-refractivity contribution in [1.82, 2.24) is 5.32 Å². The van der Waals surface area contributed by atoms with Crippen LogP contribution in [0.5, 0.6) is 0 Å². The van der Waals surface area contributed by atoms with E-state index in [2.05, 4.69) is 24.3 Å². The highest BCUT2D eigenvalue weighted by Gasteiger charge is 2.59. The van der Waals surface area contributed by atoms with Crippen LogP contribution in [0.1, 0.15) is 65.2 Å². The van der Waals surface area contributed by atoms with Crippen molar-refractivity contribution in [3.05, 3.63) is 0 Å². The standard InChI is InChI=1S/C21H35N3O2/c1-20-8-5-15(24-26-12-10-22)13-14(20)7-11-23-19-16-3-4-18(25)21(16,2)9-6-17(19)20/h14,16-17,19,23H,3-13,22H2,1-2H3/b24-15-/t14?,16-,17-,19-,20-,21-/m0/s1. The summed E-state index contributed by atoms with van der Waals surface area (Å²) in [5, 5.41) is 8.29. The van der Waals surface area contributed by atoms with Crippen LogP contribution in [0.3, 0.4) is 0 Å². The summed E-state index contributed by atoms with van der Waals surface area (Å²) < 4.78 is 0. The molecule has 0 spiro atoms. The maximum atomic E-state index is 12.6. The lowest BCUT2D eigenvalue weighted by atomic mass is 9.52. The lowest BCUT2D eigenvalue weighted by molar-refractivity contribution is -0.130. The van der Waals surface area contributed by atoms with Crippen LogP contribution in [0.25, 0.3) is 0 Å². The van der Waals surface area contributed by atoms with Gasteiger partial charge >= 0.3 is 0 Å². The molecule has 3 aliphatic carbocycles. The average Bonchev–Trinajstić information content (AvgIpc) is 2.84. The Morgan fingerprint density at radius 1 is 1.19 bits per heavy atom. The fraction of sp³-hybridized carbons (Fsp3) is 0.905. The SMILES string of the molecule is C[C@]12CC/C(=N/OCCN)CC1CCN[C@@H]1[C@@H]2CC[C@]2(C)C(=O)CC[C@@H]12. The lowest BCUT2D eigenvalue weighted by Gasteiger charge is -2.54. The first-order valence-electron chi connectivity index (χ1n) is 10.6. The number of carbonyl (C=O) groups excluding carboxylic acids is 1. The van der Waals surface area contributed by atoms with Gasteiger partial charge in [-0.3, -0.25) is 4.79 Å². The third-order valence-corrected chi connectivity index (χ3v) is 8.47. The van der Waals surface area contributed by atoms with E-state index in [1.54, 1.807) is 0 Å². The first-order chi connectivity index (χ1) is 12.5. The Bertz CT molecular complexity index is 592. The minimum absolute atomic E-state index is 0.0677. The second-order valence-corrected chi connectivity index (χ2v) is 9.59. The number of Topliss-reactive ketones (excluding diaryl/α,β-unsaturated/α-hetero) is 1. The van der Waals surface area contributed by atoms with E-state index in [1.165, 1.54) is 25.0 Å². The van der Waals surface area contributed by atoms with Gasteiger partial charge < -0.3 is 15.9 Å². The number of fused-ring (bicyclic) bond motifs is 5. The Labute approximate surface area is 157 Å². The first-order valence-corrected chi connectivity index (χ1v) is 10.6. The molecule has 26 heavy (non-hydrogen) atoms. The van der Waals surface area contributed by atoms with Crippen LogP contribution < -0.4 is 11.1 Å². The van der Waals surface area contributed by atoms with E-state index in [0.29, 0.717) is 48.1 Å². The van der Waals surface area contributed by atoms with E-state index in [0.717, 1.165) is 38.6 Å². The summed E-state index contributed by atoms with van der Waals surface area (Å²) in [6.45, 7) is 6.87. The van der Waals surface area contributed by atoms with Crippen LogP contribution in [0.4, 0.5) is 0 Å². The van der Waals surface area contributed by atoms with Crippen LogP contribution in [-0.2, 0) is 9.63 Å². The summed E-state index contributed by atoms with van der Waals surface area (Å²) in [4.78, 5) is 17.9. The maximum absolute atomic E-state index is 12.6. The normalized spacial score (nSPS) is 47.0. The van der Waals surface area contributed by atoms with Crippen LogP contribution in [0.15, 0.2) is 5.16 Å². The number of hydrogen-bond acceptors (Lipinski definition) is 5. The van der Waals surface area contributed by atoms with Gasteiger partial charge in [0.05, 0.1) is 5.71 Å². The monoisotopic (exact) mass is 361 g/mol. The molecule has 5 nitrogen and oxygen atoms in total. The van der Waals surface area contributed by atoms with E-state index < -0.39 is 0 Å². The second-order valence-electron chi connectivity index (χ2n) is 9.59. The molecule has 0 aromatic carbocycles. The number of nitrogens with two attached hydrogens (primary N) is 1. The van der Waals surface area contributed by atoms with E-state index >= 15 is 0 Å². The Morgan fingerprint density at radius 2 is 2.04 bits per heavy atom. The largest absolute Gasteiger partial charge is 0.395 e. The number of hydrogen-bond donors (Lipinski definition) is 2. The molecule has 4 fully saturated rings. The summed E-state index contributed by atoms with van der Waals surface area (Å²) in [6, 6.07) is 0.516. The topological polar surface area (TPSA) is 76.7 Å². The van der Waals surface area contributed by atoms with Gasteiger partial charge in [-0.05, 0) is 74.7 Å². The van der Waals surface area contributed by atoms with E-state index in [-0.39, 0.29) is 5.41 Å². The number of carbonyl (C=O) groups is 1. The lowest BCUT2D eigenvalue weighted by Crippen LogP contribution is -2.56. The molecular formula is C21H35N3O2. The van der Waals surface area contributed by atoms with Gasteiger partial charge in [0.25, 0.3) is 0 Å². The van der Waals surface area contributed by atoms with E-state index in [1.807, 2.05) is 0 Å². The molecule has 6 atom stereocenters. The Morgan fingerprint density at radius 3 is 2.85 bits per heavy atom. The predicted octanol–water partition coefficient (Wildman–Crippen LogP) is 2.88. The van der Waals surface area contributed by atoms with Crippen LogP contribution in [-0.4, -0.2) is 37.2 Å². The fourth-order valence-corrected chi connectivity index (χ4v) is 6.79. The van der Waals surface area contributed by atoms with Crippen molar-refractivity contribution in [1.29, 1.82) is 0 Å². The molecule has 1 aliphatic heterocycles. The number of ketones is 1. The first kappa shape index (κ1) is 18.4. The molecule has 0 bridgehead atoms. The number of nitrogens with one attached hydrogen (secondary N) is 1. The van der Waals surface area contributed by atoms with Crippen molar-refractivity contribution in [2.24, 2.45) is 39.5 Å². The smallest absolute Gasteiger partial charge is 0.139 e. The zero-order valence-corrected chi connectivity index (χ0v) is 16.4. The number of nitrogens with zero attached hydrogens (tertiary/aromatic N) is 1. The van der Waals surface area contributed by atoms with Gasteiger partial charge in [0.15, 0.2) is 0 Å². The van der Waals surface area contributed by atoms with Crippen molar-refractivity contribution in [3.8, 4) is 0 Å². The Kier molecular flexibility index (Phi) is 4.89. The van der Waals surface area contributed by atoms with Gasteiger partial charge in [-0.2, -0.15) is 0 Å². The van der Waals surface area contributed by atoms with Gasteiger partial charge in [0, 0.05) is 24.4 Å². The molecule has 1 unspecified atom stereocenters. The van der Waals surface area contributed by atoms with E-state index in [4.69, 9.17) is 10.6 Å². The van der Waals surface area contributed by atoms with Crippen LogP contribution in [0.2, 0.25) is 0 Å². The molecule has 5 heteroatoms. The Hall–Kier alpha value is -0.940. The van der Waals surface area contributed by atoms with Crippen molar-refractivity contribution in [2.45, 2.75) is 71.3 Å². The van der Waals surface area contributed by atoms with Crippen molar-refractivity contribution in [3.63, 3.8) is 0 Å². The maximum Gasteiger partial charge on any atom is 0.139 e. The molecule has 3 N–H and O–H groups in total. The quantitative estimate of drug-likeness (QED) is 0.599. The van der Waals surface area contributed by atoms with Gasteiger partial charge in [-0.25, -0.2) is 0 Å². The van der Waals surface area contributed by atoms with Gasteiger partial charge in [0.1, 0.15) is 12.4 Å². The molecule has 146 valence electrons. The third kappa shape index (κ3) is 2.82. The highest BCUT2D eigenvalue weighted by atomic mass is 16.6. The van der Waals surface area contributed by atoms with Gasteiger partial charge in [-0.15, -0.1) is 0 Å². The number of rotatable bonds is 3. The summed E-state index contributed by atoms with van der Waals surface area (Å²) in [5.74, 6) is 2.40. The summed E-state index contributed by atoms with van der Waals surface area (Å²) in [6.07, 6.45) is 8.67. The molecule has 0 radical (unpaired) electrons. The second kappa shape index (κ2) is 6.90. The van der Waals surface area contributed by atoms with Crippen LogP contribution in [0, 0.1) is 28.6 Å². The Balaban J connectivity index is 1.55. The molecule has 0 aromatic heterocycles. The minimum atomic E-state index is -0.0677. The molecular weight excluding hydrogens is 326 g/mol. The third-order valence-electron chi connectivity index (χ3n) is 8.47. The van der Waals surface area contributed by atoms with Crippen LogP contribution >= 0.6 is 0 Å². The van der Waals surface area contributed by atoms with E-state index in [9.17, 15) is 4.79 Å². The summed E-state index contributed by atoms with van der Waals surface area (Å²) >= 11 is 0. The molecule has 4 aliphatic rings. The van der Waals surface area contributed by atoms with Crippen molar-refractivity contribution in [2.75, 3.05) is 19.7 Å². The molecule has 3 saturated carbocycles. The number of oxime groups is 1. The zero-order chi connectivity index (χ0) is 18.4. The predicted molar refractivity (Wildman–Crippen MR) is 103 cm³/mol. The molecule has 1 heterocycles. The average molecular weight is 362 g/mol. The minimum Gasteiger partial charge on any atom is -0.395 e. The van der Waals surface area contributed by atoms with Gasteiger partial charge in [-0.1, -0.05) is 19.0 Å². The summed E-state index contributed by atoms with van der Waals surface area (Å²) in [7, 11) is 0. The highest BCUT2D eigenvalue weighted by Crippen LogP contribution is 2.59. The molecule has 4 rings (SSSR count). The zero-order valence-electron chi connectivity index (χ0n) is 16.4. The van der Waals surface area contributed by atoms with Crippen molar-refractivity contribution < 1.29 is 9.63 Å². The van der Waals surface area contributed by atoms with Gasteiger partial charge in [0.2, 0.25) is 0 Å². The summed E-state index contributed by atoms with van der Waals surface area (Å²) in [5.41, 5.74) is 7.01.